The molecule has 0 saturated carbocycles. The lowest BCUT2D eigenvalue weighted by Gasteiger charge is -2.26. The van der Waals surface area contributed by atoms with E-state index >= 15 is 0 Å². The zero-order chi connectivity index (χ0) is 17.9. The number of ether oxygens (including phenoxy) is 3. The standard InChI is InChI=1S/C18H40N2O3/c1-15(19-17(3,4)5)13-22-11-9-21-10-12-23-14-16(2)20-18(6,7)8/h15-16,19-20H,9-14H2,1-8H3. The smallest absolute Gasteiger partial charge is 0.0701 e. The molecular weight excluding hydrogens is 292 g/mol. The minimum absolute atomic E-state index is 0.121. The Morgan fingerprint density at radius 3 is 1.22 bits per heavy atom. The zero-order valence-corrected chi connectivity index (χ0v) is 16.6. The van der Waals surface area contributed by atoms with Crippen molar-refractivity contribution in [2.75, 3.05) is 39.6 Å². The van der Waals surface area contributed by atoms with Gasteiger partial charge >= 0.3 is 0 Å². The highest BCUT2D eigenvalue weighted by molar-refractivity contribution is 4.75. The lowest BCUT2D eigenvalue weighted by molar-refractivity contribution is 0.00626. The second-order valence-electron chi connectivity index (χ2n) is 8.35. The third kappa shape index (κ3) is 18.0. The van der Waals surface area contributed by atoms with Gasteiger partial charge in [0.2, 0.25) is 0 Å². The lowest BCUT2D eigenvalue weighted by Crippen LogP contribution is -2.44. The molecule has 0 fully saturated rings. The van der Waals surface area contributed by atoms with E-state index in [9.17, 15) is 0 Å². The molecule has 0 aliphatic heterocycles. The highest BCUT2D eigenvalue weighted by Gasteiger charge is 2.14. The normalized spacial score (nSPS) is 15.7. The first-order valence-electron chi connectivity index (χ1n) is 8.78. The van der Waals surface area contributed by atoms with E-state index in [1.54, 1.807) is 0 Å². The van der Waals surface area contributed by atoms with Crippen LogP contribution in [0.1, 0.15) is 55.4 Å². The Hall–Kier alpha value is -0.200. The van der Waals surface area contributed by atoms with Gasteiger partial charge in [0.1, 0.15) is 0 Å². The maximum atomic E-state index is 5.60. The highest BCUT2D eigenvalue weighted by atomic mass is 16.5. The van der Waals surface area contributed by atoms with Crippen molar-refractivity contribution in [1.82, 2.24) is 10.6 Å². The molecule has 0 aromatic carbocycles. The SMILES string of the molecule is CC(COCCOCCOCC(C)NC(C)(C)C)NC(C)(C)C. The van der Waals surface area contributed by atoms with Crippen LogP contribution in [0.2, 0.25) is 0 Å². The molecule has 0 amide bonds. The lowest BCUT2D eigenvalue weighted by atomic mass is 10.1. The van der Waals surface area contributed by atoms with Crippen molar-refractivity contribution < 1.29 is 14.2 Å². The van der Waals surface area contributed by atoms with Crippen LogP contribution in [0.4, 0.5) is 0 Å². The molecule has 0 aromatic heterocycles. The van der Waals surface area contributed by atoms with Crippen LogP contribution >= 0.6 is 0 Å². The molecule has 140 valence electrons. The number of hydrogen-bond donors (Lipinski definition) is 2. The molecule has 0 aromatic rings. The number of hydrogen-bond acceptors (Lipinski definition) is 5. The van der Waals surface area contributed by atoms with Gasteiger partial charge in [-0.1, -0.05) is 0 Å². The third-order valence-electron chi connectivity index (χ3n) is 2.84. The minimum Gasteiger partial charge on any atom is -0.377 e. The Morgan fingerprint density at radius 2 is 0.913 bits per heavy atom. The molecule has 0 radical (unpaired) electrons. The van der Waals surface area contributed by atoms with Gasteiger partial charge < -0.3 is 24.8 Å². The summed E-state index contributed by atoms with van der Waals surface area (Å²) < 4.78 is 16.7. The summed E-state index contributed by atoms with van der Waals surface area (Å²) >= 11 is 0. The fourth-order valence-electron chi connectivity index (χ4n) is 2.42. The quantitative estimate of drug-likeness (QED) is 0.538. The Morgan fingerprint density at radius 1 is 0.609 bits per heavy atom. The Labute approximate surface area is 143 Å². The number of rotatable bonds is 12. The van der Waals surface area contributed by atoms with E-state index in [1.807, 2.05) is 0 Å². The first kappa shape index (κ1) is 22.8. The van der Waals surface area contributed by atoms with E-state index in [4.69, 9.17) is 14.2 Å². The van der Waals surface area contributed by atoms with Gasteiger partial charge in [-0.15, -0.1) is 0 Å². The van der Waals surface area contributed by atoms with Crippen molar-refractivity contribution in [2.24, 2.45) is 0 Å². The Kier molecular flexibility index (Phi) is 11.3. The van der Waals surface area contributed by atoms with E-state index in [1.165, 1.54) is 0 Å². The zero-order valence-electron chi connectivity index (χ0n) is 16.6. The predicted molar refractivity (Wildman–Crippen MR) is 97.2 cm³/mol. The first-order valence-corrected chi connectivity index (χ1v) is 8.78. The molecule has 0 spiro atoms. The molecule has 0 saturated heterocycles. The Bertz CT molecular complexity index is 257. The van der Waals surface area contributed by atoms with Crippen LogP contribution in [0.3, 0.4) is 0 Å². The van der Waals surface area contributed by atoms with E-state index in [-0.39, 0.29) is 11.1 Å². The predicted octanol–water partition coefficient (Wildman–Crippen LogP) is 2.59. The topological polar surface area (TPSA) is 51.8 Å². The van der Waals surface area contributed by atoms with E-state index in [0.29, 0.717) is 51.7 Å². The van der Waals surface area contributed by atoms with Gasteiger partial charge in [-0.2, -0.15) is 0 Å². The molecule has 0 aliphatic rings. The van der Waals surface area contributed by atoms with Crippen LogP contribution in [0, 0.1) is 0 Å². The van der Waals surface area contributed by atoms with E-state index in [2.05, 4.69) is 66.0 Å². The van der Waals surface area contributed by atoms with Crippen molar-refractivity contribution in [2.45, 2.75) is 78.6 Å². The average molecular weight is 333 g/mol. The molecular formula is C18H40N2O3. The van der Waals surface area contributed by atoms with Crippen molar-refractivity contribution in [3.8, 4) is 0 Å². The fourth-order valence-corrected chi connectivity index (χ4v) is 2.42. The first-order chi connectivity index (χ1) is 10.5. The summed E-state index contributed by atoms with van der Waals surface area (Å²) in [5, 5.41) is 6.95. The molecule has 2 unspecified atom stereocenters. The number of nitrogens with one attached hydrogen (secondary N) is 2. The van der Waals surface area contributed by atoms with Gasteiger partial charge in [0.25, 0.3) is 0 Å². The summed E-state index contributed by atoms with van der Waals surface area (Å²) in [4.78, 5) is 0. The summed E-state index contributed by atoms with van der Waals surface area (Å²) in [5.41, 5.74) is 0.241. The summed E-state index contributed by atoms with van der Waals surface area (Å²) in [7, 11) is 0. The summed E-state index contributed by atoms with van der Waals surface area (Å²) in [5.74, 6) is 0. The second kappa shape index (κ2) is 11.4. The Balaban J connectivity index is 3.37. The molecule has 2 N–H and O–H groups in total. The third-order valence-corrected chi connectivity index (χ3v) is 2.84. The van der Waals surface area contributed by atoms with Crippen LogP contribution in [-0.2, 0) is 14.2 Å². The largest absolute Gasteiger partial charge is 0.377 e. The van der Waals surface area contributed by atoms with E-state index < -0.39 is 0 Å². The van der Waals surface area contributed by atoms with Crippen molar-refractivity contribution in [1.29, 1.82) is 0 Å². The molecule has 5 nitrogen and oxygen atoms in total. The van der Waals surface area contributed by atoms with Gasteiger partial charge in [0.05, 0.1) is 39.6 Å². The molecule has 0 bridgehead atoms. The van der Waals surface area contributed by atoms with Crippen LogP contribution in [0.5, 0.6) is 0 Å². The van der Waals surface area contributed by atoms with Crippen LogP contribution in [-0.4, -0.2) is 62.8 Å². The van der Waals surface area contributed by atoms with Gasteiger partial charge in [-0.05, 0) is 55.4 Å². The fraction of sp³-hybridized carbons (Fsp3) is 1.00. The molecule has 2 atom stereocenters. The van der Waals surface area contributed by atoms with Crippen LogP contribution in [0.25, 0.3) is 0 Å². The van der Waals surface area contributed by atoms with Crippen LogP contribution < -0.4 is 10.6 Å². The molecule has 5 heteroatoms. The maximum absolute atomic E-state index is 5.60. The second-order valence-corrected chi connectivity index (χ2v) is 8.35. The highest BCUT2D eigenvalue weighted by Crippen LogP contribution is 2.02. The van der Waals surface area contributed by atoms with Crippen LogP contribution in [0.15, 0.2) is 0 Å². The minimum atomic E-state index is 0.121. The molecule has 0 heterocycles. The maximum Gasteiger partial charge on any atom is 0.0701 e. The summed E-state index contributed by atoms with van der Waals surface area (Å²) in [6.07, 6.45) is 0. The van der Waals surface area contributed by atoms with Gasteiger partial charge in [0.15, 0.2) is 0 Å². The molecule has 0 aliphatic carbocycles. The molecule has 0 rings (SSSR count). The summed E-state index contributed by atoms with van der Waals surface area (Å²) in [6.45, 7) is 21.1. The van der Waals surface area contributed by atoms with E-state index in [0.717, 1.165) is 0 Å². The van der Waals surface area contributed by atoms with Crippen molar-refractivity contribution >= 4 is 0 Å². The van der Waals surface area contributed by atoms with Gasteiger partial charge in [0, 0.05) is 23.2 Å². The average Bonchev–Trinajstić information content (AvgIpc) is 2.32. The van der Waals surface area contributed by atoms with Gasteiger partial charge in [-0.25, -0.2) is 0 Å². The van der Waals surface area contributed by atoms with Gasteiger partial charge in [-0.3, -0.25) is 0 Å². The van der Waals surface area contributed by atoms with Crippen molar-refractivity contribution in [3.63, 3.8) is 0 Å². The summed E-state index contributed by atoms with van der Waals surface area (Å²) in [6, 6.07) is 0.685. The van der Waals surface area contributed by atoms with Crippen molar-refractivity contribution in [3.05, 3.63) is 0 Å². The monoisotopic (exact) mass is 332 g/mol. The molecule has 23 heavy (non-hydrogen) atoms.